The van der Waals surface area contributed by atoms with Gasteiger partial charge in [0, 0.05) is 12.2 Å². The van der Waals surface area contributed by atoms with E-state index in [-0.39, 0.29) is 12.1 Å². The molecule has 2 unspecified atom stereocenters. The van der Waals surface area contributed by atoms with Crippen molar-refractivity contribution in [3.8, 4) is 0 Å². The second kappa shape index (κ2) is 4.68. The number of rotatable bonds is 2. The standard InChI is InChI=1S/C11H16F3N3/c1-15-8-4-2-3-5-9(8)17-7-6-10(16-17)11(12,13)14/h6-9,15H,2-5H2,1H3. The van der Waals surface area contributed by atoms with E-state index in [0.29, 0.717) is 0 Å². The van der Waals surface area contributed by atoms with Crippen molar-refractivity contribution < 1.29 is 13.2 Å². The normalized spacial score (nSPS) is 26.1. The summed E-state index contributed by atoms with van der Waals surface area (Å²) in [5, 5.41) is 6.81. The molecule has 2 rings (SSSR count). The van der Waals surface area contributed by atoms with Crippen LogP contribution in [0.4, 0.5) is 13.2 Å². The van der Waals surface area contributed by atoms with E-state index in [1.54, 1.807) is 0 Å². The molecule has 17 heavy (non-hydrogen) atoms. The average Bonchev–Trinajstić information content (AvgIpc) is 2.77. The van der Waals surface area contributed by atoms with Gasteiger partial charge < -0.3 is 5.32 Å². The summed E-state index contributed by atoms with van der Waals surface area (Å²) in [5.74, 6) is 0. The molecule has 96 valence electrons. The molecule has 3 nitrogen and oxygen atoms in total. The first-order chi connectivity index (χ1) is 8.02. The molecule has 0 amide bonds. The number of likely N-dealkylation sites (N-methyl/N-ethyl adjacent to an activating group) is 1. The summed E-state index contributed by atoms with van der Waals surface area (Å²) in [6, 6.07) is 1.29. The van der Waals surface area contributed by atoms with Gasteiger partial charge in [-0.25, -0.2) is 0 Å². The van der Waals surface area contributed by atoms with E-state index < -0.39 is 11.9 Å². The summed E-state index contributed by atoms with van der Waals surface area (Å²) in [4.78, 5) is 0. The highest BCUT2D eigenvalue weighted by atomic mass is 19.4. The largest absolute Gasteiger partial charge is 0.435 e. The quantitative estimate of drug-likeness (QED) is 0.870. The van der Waals surface area contributed by atoms with Crippen LogP contribution in [0.2, 0.25) is 0 Å². The minimum atomic E-state index is -4.35. The lowest BCUT2D eigenvalue weighted by atomic mass is 9.90. The highest BCUT2D eigenvalue weighted by molar-refractivity contribution is 5.04. The maximum atomic E-state index is 12.5. The van der Waals surface area contributed by atoms with Crippen molar-refractivity contribution in [1.82, 2.24) is 15.1 Å². The lowest BCUT2D eigenvalue weighted by Gasteiger charge is -2.31. The second-order valence-electron chi connectivity index (χ2n) is 4.43. The summed E-state index contributed by atoms with van der Waals surface area (Å²) in [6.45, 7) is 0. The van der Waals surface area contributed by atoms with Crippen LogP contribution in [-0.2, 0) is 6.18 Å². The maximum Gasteiger partial charge on any atom is 0.435 e. The minimum absolute atomic E-state index is 0.0323. The van der Waals surface area contributed by atoms with Crippen molar-refractivity contribution in [3.05, 3.63) is 18.0 Å². The molecule has 1 aliphatic carbocycles. The molecule has 2 atom stereocenters. The molecule has 6 heteroatoms. The Morgan fingerprint density at radius 1 is 1.35 bits per heavy atom. The topological polar surface area (TPSA) is 29.9 Å². The van der Waals surface area contributed by atoms with Gasteiger partial charge in [0.1, 0.15) is 0 Å². The fourth-order valence-corrected chi connectivity index (χ4v) is 2.44. The molecular weight excluding hydrogens is 231 g/mol. The highest BCUT2D eigenvalue weighted by Crippen LogP contribution is 2.31. The Kier molecular flexibility index (Phi) is 3.42. The van der Waals surface area contributed by atoms with Crippen molar-refractivity contribution in [2.45, 2.75) is 43.9 Å². The zero-order valence-corrected chi connectivity index (χ0v) is 9.67. The van der Waals surface area contributed by atoms with E-state index in [2.05, 4.69) is 10.4 Å². The van der Waals surface area contributed by atoms with Crippen LogP contribution in [0.1, 0.15) is 37.4 Å². The Balaban J connectivity index is 2.18. The molecule has 1 N–H and O–H groups in total. The Hall–Kier alpha value is -1.04. The third kappa shape index (κ3) is 2.62. The average molecular weight is 247 g/mol. The molecule has 1 heterocycles. The molecule has 0 radical (unpaired) electrons. The van der Waals surface area contributed by atoms with E-state index in [4.69, 9.17) is 0 Å². The van der Waals surface area contributed by atoms with Crippen LogP contribution in [0.3, 0.4) is 0 Å². The number of aromatic nitrogens is 2. The third-order valence-corrected chi connectivity index (χ3v) is 3.34. The van der Waals surface area contributed by atoms with Gasteiger partial charge in [-0.3, -0.25) is 4.68 Å². The van der Waals surface area contributed by atoms with Crippen LogP contribution >= 0.6 is 0 Å². The van der Waals surface area contributed by atoms with Crippen molar-refractivity contribution in [2.24, 2.45) is 0 Å². The number of nitrogens with one attached hydrogen (secondary N) is 1. The van der Waals surface area contributed by atoms with Crippen LogP contribution in [0.5, 0.6) is 0 Å². The smallest absolute Gasteiger partial charge is 0.315 e. The Morgan fingerprint density at radius 2 is 2.06 bits per heavy atom. The van der Waals surface area contributed by atoms with Crippen molar-refractivity contribution in [3.63, 3.8) is 0 Å². The van der Waals surface area contributed by atoms with E-state index in [0.717, 1.165) is 31.7 Å². The molecule has 0 spiro atoms. The molecule has 1 aromatic heterocycles. The van der Waals surface area contributed by atoms with Crippen LogP contribution in [0.25, 0.3) is 0 Å². The van der Waals surface area contributed by atoms with Gasteiger partial charge >= 0.3 is 6.18 Å². The summed E-state index contributed by atoms with van der Waals surface area (Å²) in [7, 11) is 1.84. The molecule has 0 aliphatic heterocycles. The monoisotopic (exact) mass is 247 g/mol. The van der Waals surface area contributed by atoms with Crippen LogP contribution < -0.4 is 5.32 Å². The Labute approximate surface area is 98.0 Å². The number of hydrogen-bond acceptors (Lipinski definition) is 2. The van der Waals surface area contributed by atoms with Crippen molar-refractivity contribution in [1.29, 1.82) is 0 Å². The lowest BCUT2D eigenvalue weighted by Crippen LogP contribution is -2.38. The molecule has 1 fully saturated rings. The predicted octanol–water partition coefficient (Wildman–Crippen LogP) is 2.61. The zero-order chi connectivity index (χ0) is 12.5. The van der Waals surface area contributed by atoms with Gasteiger partial charge in [0.15, 0.2) is 5.69 Å². The molecule has 1 saturated carbocycles. The van der Waals surface area contributed by atoms with E-state index in [1.807, 2.05) is 7.05 Å². The first-order valence-corrected chi connectivity index (χ1v) is 5.82. The Bertz CT molecular complexity index is 372. The fraction of sp³-hybridized carbons (Fsp3) is 0.727. The summed E-state index contributed by atoms with van der Waals surface area (Å²) >= 11 is 0. The molecule has 1 aliphatic rings. The van der Waals surface area contributed by atoms with Gasteiger partial charge in [-0.2, -0.15) is 18.3 Å². The second-order valence-corrected chi connectivity index (χ2v) is 4.43. The van der Waals surface area contributed by atoms with Crippen LogP contribution in [0.15, 0.2) is 12.3 Å². The number of hydrogen-bond donors (Lipinski definition) is 1. The van der Waals surface area contributed by atoms with Gasteiger partial charge in [-0.05, 0) is 26.0 Å². The van der Waals surface area contributed by atoms with Gasteiger partial charge in [0.25, 0.3) is 0 Å². The number of nitrogens with zero attached hydrogens (tertiary/aromatic N) is 2. The summed E-state index contributed by atoms with van der Waals surface area (Å²) in [6.07, 6.45) is 1.12. The van der Waals surface area contributed by atoms with Gasteiger partial charge in [-0.1, -0.05) is 12.8 Å². The zero-order valence-electron chi connectivity index (χ0n) is 9.67. The van der Waals surface area contributed by atoms with E-state index in [1.165, 1.54) is 10.9 Å². The van der Waals surface area contributed by atoms with E-state index in [9.17, 15) is 13.2 Å². The molecule has 0 bridgehead atoms. The summed E-state index contributed by atoms with van der Waals surface area (Å²) < 4.78 is 38.8. The van der Waals surface area contributed by atoms with Crippen LogP contribution in [-0.4, -0.2) is 22.9 Å². The minimum Gasteiger partial charge on any atom is -0.315 e. The molecular formula is C11H16F3N3. The summed E-state index contributed by atoms with van der Waals surface area (Å²) in [5.41, 5.74) is -0.807. The van der Waals surface area contributed by atoms with Gasteiger partial charge in [0.05, 0.1) is 6.04 Å². The van der Waals surface area contributed by atoms with Crippen molar-refractivity contribution >= 4 is 0 Å². The molecule has 1 aromatic rings. The van der Waals surface area contributed by atoms with E-state index >= 15 is 0 Å². The van der Waals surface area contributed by atoms with Crippen LogP contribution in [0, 0.1) is 0 Å². The molecule has 0 aromatic carbocycles. The number of alkyl halides is 3. The first-order valence-electron chi connectivity index (χ1n) is 5.82. The fourth-order valence-electron chi connectivity index (χ4n) is 2.44. The maximum absolute atomic E-state index is 12.5. The lowest BCUT2D eigenvalue weighted by molar-refractivity contribution is -0.141. The first kappa shape index (κ1) is 12.4. The van der Waals surface area contributed by atoms with Gasteiger partial charge in [-0.15, -0.1) is 0 Å². The predicted molar refractivity (Wildman–Crippen MR) is 57.6 cm³/mol. The Morgan fingerprint density at radius 3 is 2.65 bits per heavy atom. The number of halogens is 3. The van der Waals surface area contributed by atoms with Crippen molar-refractivity contribution in [2.75, 3.05) is 7.05 Å². The third-order valence-electron chi connectivity index (χ3n) is 3.34. The SMILES string of the molecule is CNC1CCCCC1n1ccc(C(F)(F)F)n1. The van der Waals surface area contributed by atoms with Gasteiger partial charge in [0.2, 0.25) is 0 Å². The molecule has 0 saturated heterocycles. The highest BCUT2D eigenvalue weighted by Gasteiger charge is 2.35.